The number of aliphatic hydroxyl groups excluding tert-OH is 1. The lowest BCUT2D eigenvalue weighted by atomic mass is 10.4. The second-order valence-corrected chi connectivity index (χ2v) is 1.78. The minimum atomic E-state index is -0.118. The molecule has 0 radical (unpaired) electrons. The largest absolute Gasteiger partial charge is 0.394 e. The summed E-state index contributed by atoms with van der Waals surface area (Å²) in [5.41, 5.74) is 0. The summed E-state index contributed by atoms with van der Waals surface area (Å²) in [6.45, 7) is 7.16. The molecule has 0 heterocycles. The van der Waals surface area contributed by atoms with Crippen LogP contribution in [0.15, 0.2) is 0 Å². The van der Waals surface area contributed by atoms with Crippen LogP contribution in [0.4, 0.5) is 0 Å². The molecule has 0 aromatic heterocycles. The van der Waals surface area contributed by atoms with Crippen LogP contribution in [0.3, 0.4) is 0 Å². The molecule has 1 unspecified atom stereocenters. The number of amides is 1. The van der Waals surface area contributed by atoms with Gasteiger partial charge in [-0.2, -0.15) is 0 Å². The molecule has 0 spiro atoms. The van der Waals surface area contributed by atoms with Gasteiger partial charge in [0.05, 0.1) is 6.61 Å². The molecule has 2 N–H and O–H groups in total. The fourth-order valence-electron chi connectivity index (χ4n) is 0.393. The highest BCUT2D eigenvalue weighted by atomic mass is 16.3. The Morgan fingerprint density at radius 2 is 2.00 bits per heavy atom. The number of aliphatic hydroxyl groups is 1. The van der Waals surface area contributed by atoms with Gasteiger partial charge in [-0.15, -0.1) is 0 Å². The first kappa shape index (κ1) is 12.1. The lowest BCUT2D eigenvalue weighted by Gasteiger charge is -2.06. The monoisotopic (exact) mass is 147 g/mol. The van der Waals surface area contributed by atoms with E-state index in [1.165, 1.54) is 6.92 Å². The van der Waals surface area contributed by atoms with Crippen molar-refractivity contribution in [2.45, 2.75) is 33.7 Å². The van der Waals surface area contributed by atoms with Gasteiger partial charge < -0.3 is 10.4 Å². The highest BCUT2D eigenvalue weighted by Crippen LogP contribution is 1.75. The summed E-state index contributed by atoms with van der Waals surface area (Å²) < 4.78 is 0. The Kier molecular flexibility index (Phi) is 10.2. The van der Waals surface area contributed by atoms with Crippen LogP contribution in [-0.2, 0) is 4.79 Å². The van der Waals surface area contributed by atoms with Gasteiger partial charge in [0.25, 0.3) is 0 Å². The van der Waals surface area contributed by atoms with Gasteiger partial charge in [0, 0.05) is 13.0 Å². The average molecular weight is 147 g/mol. The van der Waals surface area contributed by atoms with Crippen molar-refractivity contribution in [1.29, 1.82) is 0 Å². The number of hydrogen-bond donors (Lipinski definition) is 2. The molecule has 0 saturated carbocycles. The quantitative estimate of drug-likeness (QED) is 0.598. The number of carbonyl (C=O) groups is 1. The highest BCUT2D eigenvalue weighted by molar-refractivity contribution is 5.73. The summed E-state index contributed by atoms with van der Waals surface area (Å²) in [5, 5.41) is 10.9. The molecule has 3 heteroatoms. The van der Waals surface area contributed by atoms with Crippen LogP contribution in [0.2, 0.25) is 0 Å². The van der Waals surface area contributed by atoms with Crippen molar-refractivity contribution in [3.8, 4) is 0 Å². The molecule has 3 nitrogen and oxygen atoms in total. The molecular weight excluding hydrogens is 130 g/mol. The zero-order chi connectivity index (χ0) is 8.57. The summed E-state index contributed by atoms with van der Waals surface area (Å²) in [5.74, 6) is -0.105. The molecule has 10 heavy (non-hydrogen) atoms. The second kappa shape index (κ2) is 8.43. The van der Waals surface area contributed by atoms with E-state index in [2.05, 4.69) is 5.32 Å². The highest BCUT2D eigenvalue weighted by Gasteiger charge is 1.97. The Morgan fingerprint density at radius 1 is 1.60 bits per heavy atom. The molecule has 0 fully saturated rings. The predicted octanol–water partition coefficient (Wildman–Crippen LogP) is 0.529. The van der Waals surface area contributed by atoms with Gasteiger partial charge in [-0.3, -0.25) is 4.79 Å². The molecule has 62 valence electrons. The molecule has 0 aliphatic rings. The minimum absolute atomic E-state index is 0.000417. The lowest BCUT2D eigenvalue weighted by Crippen LogP contribution is -2.32. The summed E-state index contributed by atoms with van der Waals surface area (Å²) in [6, 6.07) is -0.118. The Balaban J connectivity index is 0. The zero-order valence-electron chi connectivity index (χ0n) is 7.14. The standard InChI is InChI=1S/C5H11NO2.C2H6/c1-4(3-7)6-5(2)8;1-2/h4,7H,3H2,1-2H3,(H,6,8);1-2H3. The third-order valence-corrected chi connectivity index (χ3v) is 0.724. The fraction of sp³-hybridized carbons (Fsp3) is 0.857. The third-order valence-electron chi connectivity index (χ3n) is 0.724. The van der Waals surface area contributed by atoms with Crippen molar-refractivity contribution < 1.29 is 9.90 Å². The topological polar surface area (TPSA) is 49.3 Å². The first-order valence-electron chi connectivity index (χ1n) is 3.54. The van der Waals surface area contributed by atoms with Crippen LogP contribution in [0.5, 0.6) is 0 Å². The van der Waals surface area contributed by atoms with E-state index in [9.17, 15) is 4.79 Å². The molecule has 0 bridgehead atoms. The Bertz CT molecular complexity index is 83.7. The van der Waals surface area contributed by atoms with Gasteiger partial charge in [-0.1, -0.05) is 13.8 Å². The maximum Gasteiger partial charge on any atom is 0.217 e. The van der Waals surface area contributed by atoms with E-state index in [0.29, 0.717) is 0 Å². The van der Waals surface area contributed by atoms with Crippen molar-refractivity contribution in [2.75, 3.05) is 6.61 Å². The average Bonchev–Trinajstić information content (AvgIpc) is 1.91. The van der Waals surface area contributed by atoms with Crippen LogP contribution in [-0.4, -0.2) is 23.7 Å². The van der Waals surface area contributed by atoms with Crippen LogP contribution >= 0.6 is 0 Å². The minimum Gasteiger partial charge on any atom is -0.394 e. The summed E-state index contributed by atoms with van der Waals surface area (Å²) >= 11 is 0. The second-order valence-electron chi connectivity index (χ2n) is 1.78. The molecule has 0 aliphatic heterocycles. The molecule has 1 atom stereocenters. The molecule has 0 saturated heterocycles. The van der Waals surface area contributed by atoms with Gasteiger partial charge in [0.2, 0.25) is 5.91 Å². The molecule has 0 aromatic carbocycles. The Hall–Kier alpha value is -0.570. The summed E-state index contributed by atoms with van der Waals surface area (Å²) in [7, 11) is 0. The van der Waals surface area contributed by atoms with Gasteiger partial charge in [0.15, 0.2) is 0 Å². The van der Waals surface area contributed by atoms with Gasteiger partial charge in [-0.25, -0.2) is 0 Å². The zero-order valence-corrected chi connectivity index (χ0v) is 7.14. The van der Waals surface area contributed by atoms with E-state index in [0.717, 1.165) is 0 Å². The van der Waals surface area contributed by atoms with Gasteiger partial charge >= 0.3 is 0 Å². The fourth-order valence-corrected chi connectivity index (χ4v) is 0.393. The molecule has 0 aliphatic carbocycles. The molecule has 0 aromatic rings. The number of hydrogen-bond acceptors (Lipinski definition) is 2. The first-order chi connectivity index (χ1) is 4.66. The maximum atomic E-state index is 10.2. The predicted molar refractivity (Wildman–Crippen MR) is 41.7 cm³/mol. The van der Waals surface area contributed by atoms with Crippen molar-refractivity contribution >= 4 is 5.91 Å². The van der Waals surface area contributed by atoms with E-state index < -0.39 is 0 Å². The van der Waals surface area contributed by atoms with Crippen molar-refractivity contribution in [3.05, 3.63) is 0 Å². The molecular formula is C7H17NO2. The van der Waals surface area contributed by atoms with Crippen molar-refractivity contribution in [1.82, 2.24) is 5.32 Å². The Morgan fingerprint density at radius 3 is 2.10 bits per heavy atom. The third kappa shape index (κ3) is 10.4. The first-order valence-corrected chi connectivity index (χ1v) is 3.54. The van der Waals surface area contributed by atoms with Gasteiger partial charge in [0.1, 0.15) is 0 Å². The number of nitrogens with one attached hydrogen (secondary N) is 1. The van der Waals surface area contributed by atoms with E-state index in [-0.39, 0.29) is 18.6 Å². The smallest absolute Gasteiger partial charge is 0.217 e. The Labute approximate surface area is 62.4 Å². The normalized spacial score (nSPS) is 10.9. The SMILES string of the molecule is CC.CC(=O)NC(C)CO. The van der Waals surface area contributed by atoms with Crippen LogP contribution < -0.4 is 5.32 Å². The number of rotatable bonds is 2. The molecule has 1 amide bonds. The maximum absolute atomic E-state index is 10.2. The van der Waals surface area contributed by atoms with Crippen molar-refractivity contribution in [2.24, 2.45) is 0 Å². The van der Waals surface area contributed by atoms with E-state index in [1.807, 2.05) is 13.8 Å². The van der Waals surface area contributed by atoms with Crippen molar-refractivity contribution in [3.63, 3.8) is 0 Å². The van der Waals surface area contributed by atoms with E-state index in [1.54, 1.807) is 6.92 Å². The van der Waals surface area contributed by atoms with Crippen LogP contribution in [0, 0.1) is 0 Å². The number of carbonyl (C=O) groups excluding carboxylic acids is 1. The van der Waals surface area contributed by atoms with Gasteiger partial charge in [-0.05, 0) is 6.92 Å². The summed E-state index contributed by atoms with van der Waals surface area (Å²) in [4.78, 5) is 10.2. The lowest BCUT2D eigenvalue weighted by molar-refractivity contribution is -0.119. The van der Waals surface area contributed by atoms with E-state index in [4.69, 9.17) is 5.11 Å². The van der Waals surface area contributed by atoms with Crippen LogP contribution in [0.1, 0.15) is 27.7 Å². The molecule has 0 rings (SSSR count). The summed E-state index contributed by atoms with van der Waals surface area (Å²) in [6.07, 6.45) is 0. The van der Waals surface area contributed by atoms with E-state index >= 15 is 0 Å². The van der Waals surface area contributed by atoms with Crippen LogP contribution in [0.25, 0.3) is 0 Å².